The summed E-state index contributed by atoms with van der Waals surface area (Å²) in [6, 6.07) is 10.5. The lowest BCUT2D eigenvalue weighted by Gasteiger charge is -2.22. The Kier molecular flexibility index (Phi) is 3.89. The number of carbonyl (C=O) groups is 2. The Morgan fingerprint density at radius 2 is 2.09 bits per heavy atom. The van der Waals surface area contributed by atoms with Crippen molar-refractivity contribution in [2.45, 2.75) is 6.92 Å². The lowest BCUT2D eigenvalue weighted by Crippen LogP contribution is -2.26. The Balaban J connectivity index is 1.94. The molecule has 2 aromatic carbocycles. The third-order valence-corrected chi connectivity index (χ3v) is 3.45. The molecule has 3 rings (SSSR count). The van der Waals surface area contributed by atoms with E-state index >= 15 is 0 Å². The molecule has 0 radical (unpaired) electrons. The molecule has 6 nitrogen and oxygen atoms in total. The van der Waals surface area contributed by atoms with Crippen molar-refractivity contribution in [2.75, 3.05) is 24.4 Å². The number of nitrogens with one attached hydrogen (secondary N) is 2. The third-order valence-electron chi connectivity index (χ3n) is 3.45. The van der Waals surface area contributed by atoms with Crippen LogP contribution in [0.25, 0.3) is 0 Å². The van der Waals surface area contributed by atoms with E-state index in [-0.39, 0.29) is 18.4 Å². The highest BCUT2D eigenvalue weighted by Crippen LogP contribution is 2.37. The second kappa shape index (κ2) is 6.00. The molecule has 6 heteroatoms. The molecule has 23 heavy (non-hydrogen) atoms. The standard InChI is InChI=1S/C17H16N2O4/c1-10-7-12-16(23-9-15(20)18-12)13(8-10)19-17(21)11-5-3-4-6-14(11)22-2/h3-8H,9H2,1-2H3,(H,18,20)(H,19,21). The number of benzene rings is 2. The number of carbonyl (C=O) groups excluding carboxylic acids is 2. The fourth-order valence-electron chi connectivity index (χ4n) is 2.46. The lowest BCUT2D eigenvalue weighted by molar-refractivity contribution is -0.118. The van der Waals surface area contributed by atoms with Crippen LogP contribution in [0, 0.1) is 6.92 Å². The summed E-state index contributed by atoms with van der Waals surface area (Å²) < 4.78 is 10.7. The first-order valence-electron chi connectivity index (χ1n) is 7.10. The first-order valence-corrected chi connectivity index (χ1v) is 7.10. The van der Waals surface area contributed by atoms with Gasteiger partial charge in [-0.2, -0.15) is 0 Å². The van der Waals surface area contributed by atoms with E-state index in [1.807, 2.05) is 6.92 Å². The van der Waals surface area contributed by atoms with E-state index in [0.29, 0.717) is 28.4 Å². The van der Waals surface area contributed by atoms with Crippen molar-refractivity contribution in [1.82, 2.24) is 0 Å². The van der Waals surface area contributed by atoms with Crippen LogP contribution in [0.4, 0.5) is 11.4 Å². The first-order chi connectivity index (χ1) is 11.1. The maximum absolute atomic E-state index is 12.5. The summed E-state index contributed by atoms with van der Waals surface area (Å²) in [6.07, 6.45) is 0. The molecule has 0 bridgehead atoms. The number of anilines is 2. The van der Waals surface area contributed by atoms with E-state index in [1.54, 1.807) is 36.4 Å². The van der Waals surface area contributed by atoms with Crippen molar-refractivity contribution in [1.29, 1.82) is 0 Å². The molecule has 0 aromatic heterocycles. The van der Waals surface area contributed by atoms with Gasteiger partial charge in [-0.25, -0.2) is 0 Å². The van der Waals surface area contributed by atoms with E-state index in [1.165, 1.54) is 7.11 Å². The minimum Gasteiger partial charge on any atom is -0.496 e. The lowest BCUT2D eigenvalue weighted by atomic mass is 10.1. The van der Waals surface area contributed by atoms with Crippen molar-refractivity contribution >= 4 is 23.2 Å². The number of methoxy groups -OCH3 is 1. The van der Waals surface area contributed by atoms with Gasteiger partial charge in [-0.3, -0.25) is 9.59 Å². The van der Waals surface area contributed by atoms with Crippen LogP contribution in [0.15, 0.2) is 36.4 Å². The van der Waals surface area contributed by atoms with Crippen LogP contribution in [0.5, 0.6) is 11.5 Å². The van der Waals surface area contributed by atoms with Crippen molar-refractivity contribution in [2.24, 2.45) is 0 Å². The molecule has 118 valence electrons. The zero-order valence-corrected chi connectivity index (χ0v) is 12.8. The van der Waals surface area contributed by atoms with Gasteiger partial charge in [0.25, 0.3) is 11.8 Å². The highest BCUT2D eigenvalue weighted by atomic mass is 16.5. The van der Waals surface area contributed by atoms with Gasteiger partial charge in [-0.15, -0.1) is 0 Å². The van der Waals surface area contributed by atoms with Crippen LogP contribution < -0.4 is 20.1 Å². The van der Waals surface area contributed by atoms with E-state index in [9.17, 15) is 9.59 Å². The zero-order chi connectivity index (χ0) is 16.4. The SMILES string of the molecule is COc1ccccc1C(=O)Nc1cc(C)cc2c1OCC(=O)N2. The Morgan fingerprint density at radius 1 is 1.30 bits per heavy atom. The Hall–Kier alpha value is -3.02. The maximum Gasteiger partial charge on any atom is 0.262 e. The summed E-state index contributed by atoms with van der Waals surface area (Å²) in [5, 5.41) is 5.56. The Labute approximate surface area is 133 Å². The molecule has 0 saturated carbocycles. The summed E-state index contributed by atoms with van der Waals surface area (Å²) in [5.74, 6) is 0.417. The zero-order valence-electron chi connectivity index (χ0n) is 12.8. The topological polar surface area (TPSA) is 76.7 Å². The molecule has 0 unspecified atom stereocenters. The molecule has 1 aliphatic heterocycles. The number of hydrogen-bond acceptors (Lipinski definition) is 4. The molecule has 0 atom stereocenters. The molecule has 2 N–H and O–H groups in total. The molecule has 0 saturated heterocycles. The third kappa shape index (κ3) is 2.96. The van der Waals surface area contributed by atoms with Gasteiger partial charge in [0.1, 0.15) is 5.75 Å². The fourth-order valence-corrected chi connectivity index (χ4v) is 2.46. The average Bonchev–Trinajstić information content (AvgIpc) is 2.54. The Morgan fingerprint density at radius 3 is 2.87 bits per heavy atom. The summed E-state index contributed by atoms with van der Waals surface area (Å²) in [7, 11) is 1.51. The van der Waals surface area contributed by atoms with Gasteiger partial charge in [0.2, 0.25) is 0 Å². The quantitative estimate of drug-likeness (QED) is 0.913. The number of fused-ring (bicyclic) bond motifs is 1. The summed E-state index contributed by atoms with van der Waals surface area (Å²) >= 11 is 0. The second-order valence-electron chi connectivity index (χ2n) is 5.18. The molecule has 0 aliphatic carbocycles. The number of ether oxygens (including phenoxy) is 2. The van der Waals surface area contributed by atoms with Crippen LogP contribution in [0.3, 0.4) is 0 Å². The van der Waals surface area contributed by atoms with E-state index in [4.69, 9.17) is 9.47 Å². The molecular formula is C17H16N2O4. The van der Waals surface area contributed by atoms with Crippen molar-refractivity contribution in [3.05, 3.63) is 47.5 Å². The monoisotopic (exact) mass is 312 g/mol. The normalized spacial score (nSPS) is 12.7. The van der Waals surface area contributed by atoms with Gasteiger partial charge < -0.3 is 20.1 Å². The van der Waals surface area contributed by atoms with Crippen LogP contribution >= 0.6 is 0 Å². The maximum atomic E-state index is 12.5. The smallest absolute Gasteiger partial charge is 0.262 e. The fraction of sp³-hybridized carbons (Fsp3) is 0.176. The van der Waals surface area contributed by atoms with E-state index in [2.05, 4.69) is 10.6 Å². The van der Waals surface area contributed by atoms with Crippen molar-refractivity contribution < 1.29 is 19.1 Å². The van der Waals surface area contributed by atoms with E-state index in [0.717, 1.165) is 5.56 Å². The minimum atomic E-state index is -0.309. The molecule has 0 fully saturated rings. The van der Waals surface area contributed by atoms with Gasteiger partial charge in [-0.1, -0.05) is 12.1 Å². The molecule has 1 heterocycles. The number of aryl methyl sites for hydroxylation is 1. The van der Waals surface area contributed by atoms with Gasteiger partial charge in [0, 0.05) is 0 Å². The van der Waals surface area contributed by atoms with Gasteiger partial charge >= 0.3 is 0 Å². The summed E-state index contributed by atoms with van der Waals surface area (Å²) in [6.45, 7) is 1.80. The average molecular weight is 312 g/mol. The van der Waals surface area contributed by atoms with Gasteiger partial charge in [0.15, 0.2) is 12.4 Å². The molecule has 0 spiro atoms. The van der Waals surface area contributed by atoms with Crippen LogP contribution in [0.1, 0.15) is 15.9 Å². The molecule has 1 aliphatic rings. The molecule has 2 aromatic rings. The van der Waals surface area contributed by atoms with E-state index < -0.39 is 0 Å². The highest BCUT2D eigenvalue weighted by Gasteiger charge is 2.22. The highest BCUT2D eigenvalue weighted by molar-refractivity contribution is 6.08. The largest absolute Gasteiger partial charge is 0.496 e. The first kappa shape index (κ1) is 14.9. The molecule has 2 amide bonds. The number of hydrogen-bond donors (Lipinski definition) is 2. The van der Waals surface area contributed by atoms with Crippen LogP contribution in [0.2, 0.25) is 0 Å². The van der Waals surface area contributed by atoms with Crippen LogP contribution in [-0.4, -0.2) is 25.5 Å². The van der Waals surface area contributed by atoms with Gasteiger partial charge in [0.05, 0.1) is 24.0 Å². The minimum absolute atomic E-state index is 0.0758. The number of rotatable bonds is 3. The van der Waals surface area contributed by atoms with Crippen molar-refractivity contribution in [3.8, 4) is 11.5 Å². The summed E-state index contributed by atoms with van der Waals surface area (Å²) in [5.41, 5.74) is 2.38. The summed E-state index contributed by atoms with van der Waals surface area (Å²) in [4.78, 5) is 24.0. The van der Waals surface area contributed by atoms with Gasteiger partial charge in [-0.05, 0) is 36.8 Å². The molecular weight excluding hydrogens is 296 g/mol. The predicted octanol–water partition coefficient (Wildman–Crippen LogP) is 2.59. The van der Waals surface area contributed by atoms with Crippen molar-refractivity contribution in [3.63, 3.8) is 0 Å². The number of amides is 2. The second-order valence-corrected chi connectivity index (χ2v) is 5.18. The van der Waals surface area contributed by atoms with Crippen LogP contribution in [-0.2, 0) is 4.79 Å². The Bertz CT molecular complexity index is 786. The number of para-hydroxylation sites is 1. The predicted molar refractivity (Wildman–Crippen MR) is 86.3 cm³/mol.